The summed E-state index contributed by atoms with van der Waals surface area (Å²) in [5, 5.41) is 3.40. The van der Waals surface area contributed by atoms with Gasteiger partial charge in [-0.05, 0) is 53.6 Å². The van der Waals surface area contributed by atoms with Gasteiger partial charge in [0, 0.05) is 10.1 Å². The van der Waals surface area contributed by atoms with Gasteiger partial charge in [-0.15, -0.1) is 0 Å². The average Bonchev–Trinajstić information content (AvgIpc) is 3.03. The van der Waals surface area contributed by atoms with Gasteiger partial charge in [-0.1, -0.05) is 11.6 Å². The summed E-state index contributed by atoms with van der Waals surface area (Å²) in [6.07, 6.45) is 1.74. The van der Waals surface area contributed by atoms with E-state index < -0.39 is 0 Å². The molecule has 86 valence electrons. The lowest BCUT2D eigenvalue weighted by molar-refractivity contribution is -0.120. The molecule has 0 atom stereocenters. The topological polar surface area (TPSA) is 55.1 Å². The van der Waals surface area contributed by atoms with Gasteiger partial charge in [-0.25, -0.2) is 0 Å². The van der Waals surface area contributed by atoms with Gasteiger partial charge in [-0.2, -0.15) is 0 Å². The van der Waals surface area contributed by atoms with E-state index >= 15 is 0 Å². The van der Waals surface area contributed by atoms with E-state index in [1.54, 1.807) is 0 Å². The number of benzene rings is 1. The number of hydrogen-bond acceptors (Lipinski definition) is 2. The third kappa shape index (κ3) is 2.33. The van der Waals surface area contributed by atoms with Crippen LogP contribution in [0, 0.1) is 8.99 Å². The highest BCUT2D eigenvalue weighted by Gasteiger charge is 2.48. The number of nitrogens with two attached hydrogens (primary N) is 1. The zero-order valence-corrected chi connectivity index (χ0v) is 11.5. The molecule has 0 unspecified atom stereocenters. The molecule has 1 aromatic rings. The second-order valence-electron chi connectivity index (χ2n) is 4.06. The van der Waals surface area contributed by atoms with Crippen LogP contribution < -0.4 is 11.1 Å². The second-order valence-corrected chi connectivity index (χ2v) is 5.72. The van der Waals surface area contributed by atoms with Crippen LogP contribution in [0.15, 0.2) is 18.2 Å². The van der Waals surface area contributed by atoms with E-state index in [2.05, 4.69) is 27.9 Å². The standard InChI is InChI=1S/C11H12ClIN2O/c12-8-5-7(13)1-2-9(8)15-10(16)11(6-14)3-4-11/h1-2,5H,3-4,6,14H2,(H,15,16). The minimum atomic E-state index is -0.341. The quantitative estimate of drug-likeness (QED) is 0.824. The first-order chi connectivity index (χ1) is 7.57. The fraction of sp³-hybridized carbons (Fsp3) is 0.364. The highest BCUT2D eigenvalue weighted by atomic mass is 127. The Hall–Kier alpha value is -0.330. The minimum Gasteiger partial charge on any atom is -0.329 e. The van der Waals surface area contributed by atoms with Crippen LogP contribution in [0.2, 0.25) is 5.02 Å². The van der Waals surface area contributed by atoms with Crippen molar-refractivity contribution in [1.29, 1.82) is 0 Å². The van der Waals surface area contributed by atoms with E-state index in [1.807, 2.05) is 18.2 Å². The molecule has 1 aliphatic rings. The van der Waals surface area contributed by atoms with Crippen LogP contribution in [0.3, 0.4) is 0 Å². The van der Waals surface area contributed by atoms with Crippen molar-refractivity contribution in [1.82, 2.24) is 0 Å². The van der Waals surface area contributed by atoms with Gasteiger partial charge in [0.25, 0.3) is 0 Å². The lowest BCUT2D eigenvalue weighted by atomic mass is 10.1. The molecule has 1 amide bonds. The van der Waals surface area contributed by atoms with Gasteiger partial charge in [0.15, 0.2) is 0 Å². The van der Waals surface area contributed by atoms with Gasteiger partial charge in [0.1, 0.15) is 0 Å². The number of carbonyl (C=O) groups is 1. The molecule has 2 rings (SSSR count). The Balaban J connectivity index is 2.12. The maximum Gasteiger partial charge on any atom is 0.231 e. The number of rotatable bonds is 3. The van der Waals surface area contributed by atoms with Crippen molar-refractivity contribution < 1.29 is 4.79 Å². The van der Waals surface area contributed by atoms with E-state index in [4.69, 9.17) is 17.3 Å². The monoisotopic (exact) mass is 350 g/mol. The maximum absolute atomic E-state index is 11.9. The highest BCUT2D eigenvalue weighted by Crippen LogP contribution is 2.45. The zero-order valence-electron chi connectivity index (χ0n) is 8.59. The van der Waals surface area contributed by atoms with Crippen molar-refractivity contribution in [2.24, 2.45) is 11.1 Å². The van der Waals surface area contributed by atoms with E-state index in [-0.39, 0.29) is 11.3 Å². The fourth-order valence-electron chi connectivity index (χ4n) is 1.52. The van der Waals surface area contributed by atoms with Crippen molar-refractivity contribution >= 4 is 45.8 Å². The molecule has 0 aromatic heterocycles. The second kappa shape index (κ2) is 4.50. The van der Waals surface area contributed by atoms with Crippen LogP contribution in [0.4, 0.5) is 5.69 Å². The first-order valence-corrected chi connectivity index (χ1v) is 6.50. The summed E-state index contributed by atoms with van der Waals surface area (Å²) in [7, 11) is 0. The molecular weight excluding hydrogens is 338 g/mol. The molecular formula is C11H12ClIN2O. The number of nitrogens with one attached hydrogen (secondary N) is 1. The van der Waals surface area contributed by atoms with Crippen LogP contribution in [0.1, 0.15) is 12.8 Å². The maximum atomic E-state index is 11.9. The molecule has 5 heteroatoms. The summed E-state index contributed by atoms with van der Waals surface area (Å²) in [4.78, 5) is 11.9. The lowest BCUT2D eigenvalue weighted by Crippen LogP contribution is -2.30. The van der Waals surface area contributed by atoms with Crippen molar-refractivity contribution in [2.45, 2.75) is 12.8 Å². The first-order valence-electron chi connectivity index (χ1n) is 5.04. The normalized spacial score (nSPS) is 16.9. The van der Waals surface area contributed by atoms with E-state index in [0.29, 0.717) is 17.3 Å². The summed E-state index contributed by atoms with van der Waals surface area (Å²) in [6, 6.07) is 5.54. The molecule has 1 aliphatic carbocycles. The summed E-state index contributed by atoms with van der Waals surface area (Å²) in [5.41, 5.74) is 5.91. The van der Waals surface area contributed by atoms with Gasteiger partial charge in [-0.3, -0.25) is 4.79 Å². The Morgan fingerprint density at radius 3 is 2.75 bits per heavy atom. The van der Waals surface area contributed by atoms with Gasteiger partial charge in [0.05, 0.1) is 16.1 Å². The zero-order chi connectivity index (χ0) is 11.8. The lowest BCUT2D eigenvalue weighted by Gasteiger charge is -2.13. The number of amides is 1. The van der Waals surface area contributed by atoms with Crippen LogP contribution in [-0.2, 0) is 4.79 Å². The Bertz CT molecular complexity index is 432. The predicted molar refractivity (Wildman–Crippen MR) is 73.5 cm³/mol. The number of halogens is 2. The van der Waals surface area contributed by atoms with Gasteiger partial charge < -0.3 is 11.1 Å². The molecule has 0 radical (unpaired) electrons. The smallest absolute Gasteiger partial charge is 0.231 e. The van der Waals surface area contributed by atoms with Crippen molar-refractivity contribution in [3.05, 3.63) is 26.8 Å². The molecule has 3 nitrogen and oxygen atoms in total. The Morgan fingerprint density at radius 2 is 2.25 bits per heavy atom. The first kappa shape index (κ1) is 12.1. The molecule has 0 spiro atoms. The average molecular weight is 351 g/mol. The number of carbonyl (C=O) groups excluding carboxylic acids is 1. The van der Waals surface area contributed by atoms with Gasteiger partial charge >= 0.3 is 0 Å². The van der Waals surface area contributed by atoms with E-state index in [1.165, 1.54) is 0 Å². The molecule has 0 heterocycles. The summed E-state index contributed by atoms with van der Waals surface area (Å²) in [5.74, 6) is -0.0156. The summed E-state index contributed by atoms with van der Waals surface area (Å²) in [6.45, 7) is 0.404. The molecule has 16 heavy (non-hydrogen) atoms. The highest BCUT2D eigenvalue weighted by molar-refractivity contribution is 14.1. The Kier molecular flexibility index (Phi) is 3.42. The van der Waals surface area contributed by atoms with Crippen molar-refractivity contribution in [3.8, 4) is 0 Å². The molecule has 0 saturated heterocycles. The molecule has 1 aromatic carbocycles. The molecule has 0 aliphatic heterocycles. The summed E-state index contributed by atoms with van der Waals surface area (Å²) >= 11 is 8.21. The Labute approximate surface area is 113 Å². The predicted octanol–water partition coefficient (Wildman–Crippen LogP) is 2.62. The van der Waals surface area contributed by atoms with Crippen molar-refractivity contribution in [2.75, 3.05) is 11.9 Å². The number of hydrogen-bond donors (Lipinski definition) is 2. The molecule has 1 saturated carbocycles. The minimum absolute atomic E-state index is 0.0156. The van der Waals surface area contributed by atoms with Crippen LogP contribution in [-0.4, -0.2) is 12.5 Å². The molecule has 0 bridgehead atoms. The van der Waals surface area contributed by atoms with Crippen LogP contribution in [0.25, 0.3) is 0 Å². The number of anilines is 1. The van der Waals surface area contributed by atoms with E-state index in [0.717, 1.165) is 16.4 Å². The fourth-order valence-corrected chi connectivity index (χ4v) is 2.42. The third-order valence-corrected chi connectivity index (χ3v) is 3.89. The van der Waals surface area contributed by atoms with Gasteiger partial charge in [0.2, 0.25) is 5.91 Å². The Morgan fingerprint density at radius 1 is 1.56 bits per heavy atom. The molecule has 3 N–H and O–H groups in total. The molecule has 1 fully saturated rings. The van der Waals surface area contributed by atoms with Crippen LogP contribution >= 0.6 is 34.2 Å². The van der Waals surface area contributed by atoms with E-state index in [9.17, 15) is 4.79 Å². The third-order valence-electron chi connectivity index (χ3n) is 2.91. The van der Waals surface area contributed by atoms with Crippen LogP contribution in [0.5, 0.6) is 0 Å². The summed E-state index contributed by atoms with van der Waals surface area (Å²) < 4.78 is 1.04. The SMILES string of the molecule is NCC1(C(=O)Nc2ccc(I)cc2Cl)CC1. The largest absolute Gasteiger partial charge is 0.329 e. The van der Waals surface area contributed by atoms with Crippen molar-refractivity contribution in [3.63, 3.8) is 0 Å².